The van der Waals surface area contributed by atoms with Crippen LogP contribution in [0.15, 0.2) is 22.7 Å². The third-order valence-electron chi connectivity index (χ3n) is 4.58. The molecule has 1 N–H and O–H groups in total. The van der Waals surface area contributed by atoms with E-state index >= 15 is 0 Å². The smallest absolute Gasteiger partial charge is 0.0976 e. The van der Waals surface area contributed by atoms with Gasteiger partial charge in [0.1, 0.15) is 0 Å². The van der Waals surface area contributed by atoms with E-state index in [2.05, 4.69) is 28.9 Å². The number of aliphatic hydroxyl groups excluding tert-OH is 1. The van der Waals surface area contributed by atoms with Gasteiger partial charge in [-0.1, -0.05) is 31.0 Å². The van der Waals surface area contributed by atoms with Crippen LogP contribution in [0.4, 0.5) is 0 Å². The van der Waals surface area contributed by atoms with Crippen molar-refractivity contribution in [3.63, 3.8) is 0 Å². The first-order valence-electron chi connectivity index (χ1n) is 7.06. The Labute approximate surface area is 133 Å². The molecule has 1 fully saturated rings. The Morgan fingerprint density at radius 3 is 2.65 bits per heavy atom. The number of halogens is 2. The molecular weight excluding hydrogens is 338 g/mol. The molecule has 2 rings (SSSR count). The van der Waals surface area contributed by atoms with Crippen LogP contribution in [0.3, 0.4) is 0 Å². The number of benzene rings is 1. The van der Waals surface area contributed by atoms with E-state index < -0.39 is 11.5 Å². The molecule has 1 aliphatic carbocycles. The van der Waals surface area contributed by atoms with Gasteiger partial charge in [0.15, 0.2) is 0 Å². The summed E-state index contributed by atoms with van der Waals surface area (Å²) in [6.07, 6.45) is 3.95. The van der Waals surface area contributed by atoms with Crippen LogP contribution in [0.2, 0.25) is 5.02 Å². The second-order valence-electron chi connectivity index (χ2n) is 5.70. The molecule has 108 valence electrons. The first kappa shape index (κ1) is 15.8. The number of aliphatic hydroxyl groups is 1. The molecule has 0 heterocycles. The van der Waals surface area contributed by atoms with Crippen molar-refractivity contribution < 1.29 is 5.11 Å². The van der Waals surface area contributed by atoms with Crippen molar-refractivity contribution in [3.05, 3.63) is 33.3 Å². The zero-order valence-electron chi connectivity index (χ0n) is 11.6. The lowest BCUT2D eigenvalue weighted by Gasteiger charge is -2.38. The van der Waals surface area contributed by atoms with Gasteiger partial charge in [0.05, 0.1) is 22.6 Å². The molecule has 0 aliphatic heterocycles. The number of hydrogen-bond donors (Lipinski definition) is 1. The molecule has 1 atom stereocenters. The summed E-state index contributed by atoms with van der Waals surface area (Å²) >= 11 is 9.43. The lowest BCUT2D eigenvalue weighted by Crippen LogP contribution is -2.32. The summed E-state index contributed by atoms with van der Waals surface area (Å²) in [6, 6.07) is 7.80. The minimum Gasteiger partial charge on any atom is -0.387 e. The molecule has 0 radical (unpaired) electrons. The van der Waals surface area contributed by atoms with Crippen molar-refractivity contribution in [2.75, 3.05) is 0 Å². The van der Waals surface area contributed by atoms with Gasteiger partial charge < -0.3 is 5.11 Å². The van der Waals surface area contributed by atoms with E-state index in [1.165, 1.54) is 0 Å². The SMILES string of the molecule is CCC1CCC(C#N)(C(O)c2ccc(Br)c(Cl)c2)CC1. The standard InChI is InChI=1S/C16H19BrClNO/c1-2-11-5-7-16(10-19,8-6-11)15(20)12-3-4-13(17)14(18)9-12/h3-4,9,11,15,20H,2,5-8H2,1H3. The fourth-order valence-corrected chi connectivity index (χ4v) is 3.48. The molecule has 1 unspecified atom stereocenters. The fraction of sp³-hybridized carbons (Fsp3) is 0.562. The van der Waals surface area contributed by atoms with Crippen LogP contribution in [-0.4, -0.2) is 5.11 Å². The van der Waals surface area contributed by atoms with E-state index in [1.54, 1.807) is 6.07 Å². The van der Waals surface area contributed by atoms with Crippen LogP contribution in [0.25, 0.3) is 0 Å². The predicted octanol–water partition coefficient (Wildman–Crippen LogP) is 5.25. The van der Waals surface area contributed by atoms with E-state index in [0.29, 0.717) is 10.9 Å². The fourth-order valence-electron chi connectivity index (χ4n) is 3.05. The van der Waals surface area contributed by atoms with Crippen molar-refractivity contribution in [3.8, 4) is 6.07 Å². The predicted molar refractivity (Wildman–Crippen MR) is 84.4 cm³/mol. The molecule has 1 saturated carbocycles. The number of rotatable bonds is 3. The van der Waals surface area contributed by atoms with Gasteiger partial charge in [-0.25, -0.2) is 0 Å². The molecular formula is C16H19BrClNO. The zero-order valence-corrected chi connectivity index (χ0v) is 13.9. The topological polar surface area (TPSA) is 44.0 Å². The highest BCUT2D eigenvalue weighted by Crippen LogP contribution is 2.48. The molecule has 0 amide bonds. The molecule has 0 saturated heterocycles. The van der Waals surface area contributed by atoms with Crippen molar-refractivity contribution in [1.29, 1.82) is 5.26 Å². The first-order valence-corrected chi connectivity index (χ1v) is 8.24. The second-order valence-corrected chi connectivity index (χ2v) is 6.96. The van der Waals surface area contributed by atoms with Gasteiger partial charge in [-0.2, -0.15) is 5.26 Å². The molecule has 1 aliphatic rings. The lowest BCUT2D eigenvalue weighted by molar-refractivity contribution is 0.0243. The lowest BCUT2D eigenvalue weighted by atomic mass is 9.66. The van der Waals surface area contributed by atoms with E-state index in [-0.39, 0.29) is 0 Å². The van der Waals surface area contributed by atoms with Crippen LogP contribution < -0.4 is 0 Å². The molecule has 4 heteroatoms. The van der Waals surface area contributed by atoms with E-state index in [0.717, 1.165) is 42.1 Å². The third-order valence-corrected chi connectivity index (χ3v) is 5.81. The van der Waals surface area contributed by atoms with Gasteiger partial charge in [0.2, 0.25) is 0 Å². The largest absolute Gasteiger partial charge is 0.387 e. The Balaban J connectivity index is 2.23. The molecule has 2 nitrogen and oxygen atoms in total. The Kier molecular flexibility index (Phi) is 5.12. The summed E-state index contributed by atoms with van der Waals surface area (Å²) < 4.78 is 0.802. The number of nitriles is 1. The summed E-state index contributed by atoms with van der Waals surface area (Å²) in [7, 11) is 0. The van der Waals surface area contributed by atoms with Crippen molar-refractivity contribution >= 4 is 27.5 Å². The minimum absolute atomic E-state index is 0.567. The highest BCUT2D eigenvalue weighted by atomic mass is 79.9. The average molecular weight is 357 g/mol. The molecule has 0 aromatic heterocycles. The van der Waals surface area contributed by atoms with Crippen molar-refractivity contribution in [2.45, 2.75) is 45.1 Å². The molecule has 1 aromatic carbocycles. The molecule has 1 aromatic rings. The maximum atomic E-state index is 10.7. The molecule has 20 heavy (non-hydrogen) atoms. The normalized spacial score (nSPS) is 27.9. The quantitative estimate of drug-likeness (QED) is 0.804. The number of nitrogens with zero attached hydrogens (tertiary/aromatic N) is 1. The summed E-state index contributed by atoms with van der Waals surface area (Å²) in [5.74, 6) is 0.692. The van der Waals surface area contributed by atoms with Gasteiger partial charge in [-0.05, 0) is 65.2 Å². The van der Waals surface area contributed by atoms with Crippen LogP contribution >= 0.6 is 27.5 Å². The highest BCUT2D eigenvalue weighted by molar-refractivity contribution is 9.10. The van der Waals surface area contributed by atoms with Crippen LogP contribution in [0.1, 0.15) is 50.7 Å². The van der Waals surface area contributed by atoms with Crippen LogP contribution in [0, 0.1) is 22.7 Å². The monoisotopic (exact) mass is 355 g/mol. The van der Waals surface area contributed by atoms with Gasteiger partial charge in [0, 0.05) is 4.47 Å². The van der Waals surface area contributed by atoms with E-state index in [4.69, 9.17) is 11.6 Å². The molecule has 0 spiro atoms. The van der Waals surface area contributed by atoms with E-state index in [9.17, 15) is 10.4 Å². The summed E-state index contributed by atoms with van der Waals surface area (Å²) in [5.41, 5.74) is 0.0673. The Bertz CT molecular complexity index is 518. The third kappa shape index (κ3) is 3.03. The Morgan fingerprint density at radius 2 is 2.15 bits per heavy atom. The van der Waals surface area contributed by atoms with Gasteiger partial charge >= 0.3 is 0 Å². The number of hydrogen-bond acceptors (Lipinski definition) is 2. The van der Waals surface area contributed by atoms with Crippen LogP contribution in [0.5, 0.6) is 0 Å². The summed E-state index contributed by atoms with van der Waals surface area (Å²) in [6.45, 7) is 2.19. The average Bonchev–Trinajstić information content (AvgIpc) is 2.49. The maximum Gasteiger partial charge on any atom is 0.0976 e. The molecule has 0 bridgehead atoms. The maximum absolute atomic E-state index is 10.7. The first-order chi connectivity index (χ1) is 9.52. The second kappa shape index (κ2) is 6.47. The minimum atomic E-state index is -0.768. The van der Waals surface area contributed by atoms with Crippen molar-refractivity contribution in [2.24, 2.45) is 11.3 Å². The Hall–Kier alpha value is -0.560. The zero-order chi connectivity index (χ0) is 14.8. The van der Waals surface area contributed by atoms with Gasteiger partial charge in [-0.3, -0.25) is 0 Å². The van der Waals surface area contributed by atoms with Gasteiger partial charge in [-0.15, -0.1) is 0 Å². The van der Waals surface area contributed by atoms with Crippen LogP contribution in [-0.2, 0) is 0 Å². The Morgan fingerprint density at radius 1 is 1.50 bits per heavy atom. The van der Waals surface area contributed by atoms with E-state index in [1.807, 2.05) is 12.1 Å². The summed E-state index contributed by atoms with van der Waals surface area (Å²) in [4.78, 5) is 0. The van der Waals surface area contributed by atoms with Crippen molar-refractivity contribution in [1.82, 2.24) is 0 Å². The van der Waals surface area contributed by atoms with Gasteiger partial charge in [0.25, 0.3) is 0 Å². The summed E-state index contributed by atoms with van der Waals surface area (Å²) in [5, 5.41) is 20.8. The highest BCUT2D eigenvalue weighted by Gasteiger charge is 2.42.